The van der Waals surface area contributed by atoms with Crippen molar-refractivity contribution in [2.75, 3.05) is 24.8 Å². The molecule has 2 saturated heterocycles. The molecule has 3 amide bonds. The third-order valence-electron chi connectivity index (χ3n) is 8.18. The summed E-state index contributed by atoms with van der Waals surface area (Å²) in [4.78, 5) is 49.0. The van der Waals surface area contributed by atoms with E-state index >= 15 is 0 Å². The number of ketones is 1. The van der Waals surface area contributed by atoms with Gasteiger partial charge in [-0.2, -0.15) is 0 Å². The number of Topliss-reactive ketones (excluding diaryl/α,β-unsaturated/α-hetero) is 1. The molecule has 1 unspecified atom stereocenters. The van der Waals surface area contributed by atoms with Crippen LogP contribution in [0, 0.1) is 5.92 Å². The molecule has 1 aliphatic carbocycles. The average Bonchev–Trinajstić information content (AvgIpc) is 3.84. The number of alkyl carbamates (subject to hydrolysis) is 1. The monoisotopic (exact) mass is 602 g/mol. The number of anilines is 1. The summed E-state index contributed by atoms with van der Waals surface area (Å²) in [7, 11) is 1.61. The topological polar surface area (TPSA) is 136 Å². The Kier molecular flexibility index (Phi) is 10.5. The van der Waals surface area contributed by atoms with Crippen LogP contribution in [0.25, 0.3) is 0 Å². The number of ether oxygens (including phenoxy) is 4. The summed E-state index contributed by atoms with van der Waals surface area (Å²) in [5.74, 6) is -0.655. The molecule has 0 aromatic heterocycles. The van der Waals surface area contributed by atoms with Gasteiger partial charge in [0.1, 0.15) is 29.2 Å². The number of imide groups is 1. The Morgan fingerprint density at radius 2 is 1.81 bits per heavy atom. The molecule has 2 aliphatic heterocycles. The quantitative estimate of drug-likeness (QED) is 0.185. The van der Waals surface area contributed by atoms with Gasteiger partial charge < -0.3 is 29.1 Å². The predicted octanol–water partition coefficient (Wildman–Crippen LogP) is 4.81. The maximum Gasteiger partial charge on any atom is 0.414 e. The lowest BCUT2D eigenvalue weighted by Crippen LogP contribution is -2.56. The highest BCUT2D eigenvalue weighted by Crippen LogP contribution is 2.59. The zero-order valence-corrected chi connectivity index (χ0v) is 25.8. The van der Waals surface area contributed by atoms with Crippen molar-refractivity contribution < 1.29 is 38.1 Å². The highest BCUT2D eigenvalue weighted by Gasteiger charge is 2.72. The molecule has 230 valence electrons. The molecule has 0 radical (unpaired) electrons. The van der Waals surface area contributed by atoms with Crippen LogP contribution >= 0.6 is 11.8 Å². The minimum absolute atomic E-state index is 0.0156. The van der Waals surface area contributed by atoms with Gasteiger partial charge in [-0.1, -0.05) is 11.6 Å². The van der Waals surface area contributed by atoms with Crippen molar-refractivity contribution in [2.45, 2.75) is 101 Å². The van der Waals surface area contributed by atoms with Crippen LogP contribution in [0.2, 0.25) is 0 Å². The van der Waals surface area contributed by atoms with Gasteiger partial charge in [-0.05, 0) is 77.6 Å². The molecule has 3 fully saturated rings. The second-order valence-electron chi connectivity index (χ2n) is 11.8. The lowest BCUT2D eigenvalue weighted by atomic mass is 9.68. The fourth-order valence-corrected chi connectivity index (χ4v) is 6.59. The summed E-state index contributed by atoms with van der Waals surface area (Å²) in [5.41, 5.74) is 1.09. The Bertz CT molecular complexity index is 1190. The lowest BCUT2D eigenvalue weighted by molar-refractivity contribution is -0.124. The van der Waals surface area contributed by atoms with Crippen molar-refractivity contribution in [3.05, 3.63) is 35.9 Å². The number of rotatable bonds is 13. The van der Waals surface area contributed by atoms with E-state index in [2.05, 4.69) is 37.5 Å². The minimum Gasteiger partial charge on any atom is -0.443 e. The van der Waals surface area contributed by atoms with Crippen LogP contribution in [0.1, 0.15) is 66.2 Å². The Morgan fingerprint density at radius 1 is 1.10 bits per heavy atom. The van der Waals surface area contributed by atoms with Crippen LogP contribution in [0.15, 0.2) is 40.8 Å². The van der Waals surface area contributed by atoms with E-state index in [-0.39, 0.29) is 41.5 Å². The van der Waals surface area contributed by atoms with Crippen molar-refractivity contribution in [1.29, 1.82) is 0 Å². The highest BCUT2D eigenvalue weighted by molar-refractivity contribution is 8.00. The van der Waals surface area contributed by atoms with E-state index < -0.39 is 29.8 Å². The van der Waals surface area contributed by atoms with Gasteiger partial charge in [0, 0.05) is 30.5 Å². The van der Waals surface area contributed by atoms with Crippen molar-refractivity contribution in [3.8, 4) is 0 Å². The largest absolute Gasteiger partial charge is 0.443 e. The summed E-state index contributed by atoms with van der Waals surface area (Å²) in [6.45, 7) is 8.34. The number of thioether (sulfide) groups is 1. The molecule has 4 rings (SSSR count). The van der Waals surface area contributed by atoms with E-state index in [0.29, 0.717) is 31.6 Å². The zero-order valence-electron chi connectivity index (χ0n) is 25.0. The maximum absolute atomic E-state index is 12.7. The van der Waals surface area contributed by atoms with Crippen molar-refractivity contribution in [2.24, 2.45) is 5.92 Å². The molecule has 2 N–H and O–H groups in total. The Labute approximate surface area is 251 Å². The maximum atomic E-state index is 12.7. The lowest BCUT2D eigenvalue weighted by Gasteiger charge is -2.42. The Hall–Kier alpha value is -2.73. The molecule has 6 atom stereocenters. The first-order valence-electron chi connectivity index (χ1n) is 14.5. The number of hydrogen-bond acceptors (Lipinski definition) is 9. The number of hydrogen-bond donors (Lipinski definition) is 2. The predicted molar refractivity (Wildman–Crippen MR) is 158 cm³/mol. The summed E-state index contributed by atoms with van der Waals surface area (Å²) in [6.07, 6.45) is 3.72. The van der Waals surface area contributed by atoms with Gasteiger partial charge in [0.25, 0.3) is 0 Å². The van der Waals surface area contributed by atoms with E-state index in [0.717, 1.165) is 17.7 Å². The van der Waals surface area contributed by atoms with E-state index in [9.17, 15) is 19.2 Å². The number of carbonyl (C=O) groups excluding carboxylic acids is 4. The Balaban J connectivity index is 1.24. The van der Waals surface area contributed by atoms with Crippen molar-refractivity contribution >= 4 is 41.1 Å². The number of benzene rings is 1. The van der Waals surface area contributed by atoms with Crippen LogP contribution in [-0.4, -0.2) is 72.7 Å². The molecule has 1 aromatic carbocycles. The van der Waals surface area contributed by atoms with Gasteiger partial charge in [-0.3, -0.25) is 14.9 Å². The second kappa shape index (κ2) is 13.7. The SMILES string of the molecule is CO[C@H]1[C@H](C2(C)O[C@@H]2CC=C(C)C)[C@]2(CC[C@H]1OC(=O)NC(=O)CSc1ccc(NC(=O)CCCC(C)=O)cc1)CO2. The molecular formula is C31H42N2O8S. The normalized spacial score (nSPS) is 29.4. The number of carbonyl (C=O) groups is 4. The van der Waals surface area contributed by atoms with Crippen LogP contribution in [-0.2, 0) is 33.3 Å². The van der Waals surface area contributed by atoms with Crippen LogP contribution in [0.4, 0.5) is 10.5 Å². The fraction of sp³-hybridized carbons (Fsp3) is 0.613. The number of epoxide rings is 2. The molecular weight excluding hydrogens is 560 g/mol. The van der Waals surface area contributed by atoms with Crippen molar-refractivity contribution in [1.82, 2.24) is 5.32 Å². The van der Waals surface area contributed by atoms with E-state index in [1.54, 1.807) is 31.4 Å². The first-order chi connectivity index (χ1) is 20.0. The van der Waals surface area contributed by atoms with Crippen LogP contribution in [0.5, 0.6) is 0 Å². The molecule has 1 aromatic rings. The molecule has 3 aliphatic rings. The zero-order chi connectivity index (χ0) is 30.5. The number of nitrogens with one attached hydrogen (secondary N) is 2. The first-order valence-corrected chi connectivity index (χ1v) is 15.4. The van der Waals surface area contributed by atoms with Gasteiger partial charge >= 0.3 is 6.09 Å². The summed E-state index contributed by atoms with van der Waals surface area (Å²) < 4.78 is 23.8. The molecule has 11 heteroatoms. The summed E-state index contributed by atoms with van der Waals surface area (Å²) in [6, 6.07) is 7.06. The molecule has 42 heavy (non-hydrogen) atoms. The molecule has 1 saturated carbocycles. The van der Waals surface area contributed by atoms with Crippen LogP contribution < -0.4 is 10.6 Å². The van der Waals surface area contributed by atoms with Crippen LogP contribution in [0.3, 0.4) is 0 Å². The van der Waals surface area contributed by atoms with Gasteiger partial charge in [0.15, 0.2) is 0 Å². The van der Waals surface area contributed by atoms with Gasteiger partial charge in [0.2, 0.25) is 11.8 Å². The second-order valence-corrected chi connectivity index (χ2v) is 12.8. The third kappa shape index (κ3) is 8.21. The fourth-order valence-electron chi connectivity index (χ4n) is 5.89. The van der Waals surface area contributed by atoms with E-state index in [1.165, 1.54) is 24.3 Å². The Morgan fingerprint density at radius 3 is 2.43 bits per heavy atom. The minimum atomic E-state index is -0.801. The van der Waals surface area contributed by atoms with E-state index in [1.807, 2.05) is 0 Å². The van der Waals surface area contributed by atoms with E-state index in [4.69, 9.17) is 18.9 Å². The molecule has 1 spiro atoms. The van der Waals surface area contributed by atoms with Gasteiger partial charge in [0.05, 0.1) is 24.4 Å². The molecule has 2 heterocycles. The molecule has 10 nitrogen and oxygen atoms in total. The summed E-state index contributed by atoms with van der Waals surface area (Å²) in [5, 5.41) is 5.12. The average molecular weight is 603 g/mol. The summed E-state index contributed by atoms with van der Waals surface area (Å²) >= 11 is 1.26. The first kappa shape index (κ1) is 32.2. The molecule has 0 bridgehead atoms. The van der Waals surface area contributed by atoms with Gasteiger partial charge in [-0.25, -0.2) is 4.79 Å². The number of methoxy groups -OCH3 is 1. The third-order valence-corrected chi connectivity index (χ3v) is 9.19. The highest BCUT2D eigenvalue weighted by atomic mass is 32.2. The number of amides is 3. The van der Waals surface area contributed by atoms with Gasteiger partial charge in [-0.15, -0.1) is 11.8 Å². The number of allylic oxidation sites excluding steroid dienone is 1. The smallest absolute Gasteiger partial charge is 0.414 e. The standard InChI is InChI=1S/C31H42N2O8S/c1-19(2)9-14-24-30(4,41-24)28-27(38-5)23(15-16-31(28)18-39-31)40-29(37)33-26(36)17-42-22-12-10-21(11-13-22)32-25(35)8-6-7-20(3)34/h9-13,23-24,27-28H,6-8,14-18H2,1-5H3,(H,32,35)(H,33,36,37)/t23-,24-,27-,28-,30?,31+/m1/s1. The van der Waals surface area contributed by atoms with Crippen molar-refractivity contribution in [3.63, 3.8) is 0 Å².